The molecule has 0 spiro atoms. The molecule has 2 nitrogen and oxygen atoms in total. The zero-order valence-corrected chi connectivity index (χ0v) is 8.65. The van der Waals surface area contributed by atoms with Gasteiger partial charge in [-0.15, -0.1) is 0 Å². The summed E-state index contributed by atoms with van der Waals surface area (Å²) in [6.45, 7) is 2.04. The standard InChI is InChI=1S/C9H12BrNO/c1-6-5-7(10)12-8(6)9(11)3-2-4-9/h5H,2-4,11H2,1H3. The average Bonchev–Trinajstić information content (AvgIpc) is 2.25. The third-order valence-electron chi connectivity index (χ3n) is 2.59. The van der Waals surface area contributed by atoms with Crippen molar-refractivity contribution >= 4 is 15.9 Å². The Labute approximate surface area is 80.3 Å². The van der Waals surface area contributed by atoms with Crippen LogP contribution in [0.2, 0.25) is 0 Å². The number of hydrogen-bond acceptors (Lipinski definition) is 2. The van der Waals surface area contributed by atoms with Crippen LogP contribution in [-0.4, -0.2) is 0 Å². The van der Waals surface area contributed by atoms with Crippen molar-refractivity contribution in [3.8, 4) is 0 Å². The highest BCUT2D eigenvalue weighted by Crippen LogP contribution is 2.41. The first-order valence-electron chi connectivity index (χ1n) is 4.17. The second kappa shape index (κ2) is 2.60. The van der Waals surface area contributed by atoms with Crippen LogP contribution in [-0.2, 0) is 5.54 Å². The Morgan fingerprint density at radius 2 is 2.25 bits per heavy atom. The van der Waals surface area contributed by atoms with E-state index in [1.807, 2.05) is 13.0 Å². The Hall–Kier alpha value is -0.280. The molecular weight excluding hydrogens is 218 g/mol. The van der Waals surface area contributed by atoms with E-state index >= 15 is 0 Å². The van der Waals surface area contributed by atoms with E-state index in [1.165, 1.54) is 6.42 Å². The molecule has 1 aromatic heterocycles. The summed E-state index contributed by atoms with van der Waals surface area (Å²) in [6.07, 6.45) is 3.32. The minimum absolute atomic E-state index is 0.171. The van der Waals surface area contributed by atoms with Crippen LogP contribution in [0, 0.1) is 6.92 Å². The number of rotatable bonds is 1. The average molecular weight is 230 g/mol. The normalized spacial score (nSPS) is 20.6. The molecule has 0 radical (unpaired) electrons. The molecule has 0 aromatic carbocycles. The van der Waals surface area contributed by atoms with Gasteiger partial charge in [0.2, 0.25) is 0 Å². The monoisotopic (exact) mass is 229 g/mol. The first kappa shape index (κ1) is 8.32. The minimum atomic E-state index is -0.171. The number of halogens is 1. The highest BCUT2D eigenvalue weighted by molar-refractivity contribution is 9.10. The molecule has 1 aromatic rings. The summed E-state index contributed by atoms with van der Waals surface area (Å²) in [6, 6.07) is 1.97. The minimum Gasteiger partial charge on any atom is -0.452 e. The fourth-order valence-electron chi connectivity index (χ4n) is 1.72. The molecule has 2 rings (SSSR count). The van der Waals surface area contributed by atoms with Crippen molar-refractivity contribution in [3.05, 3.63) is 22.1 Å². The Kier molecular flexibility index (Phi) is 1.81. The summed E-state index contributed by atoms with van der Waals surface area (Å²) in [5.74, 6) is 0.959. The van der Waals surface area contributed by atoms with Gasteiger partial charge < -0.3 is 10.2 Å². The lowest BCUT2D eigenvalue weighted by atomic mass is 9.75. The van der Waals surface area contributed by atoms with Crippen LogP contribution in [0.15, 0.2) is 15.2 Å². The molecule has 1 saturated carbocycles. The molecule has 1 aliphatic rings. The first-order chi connectivity index (χ1) is 5.62. The maximum Gasteiger partial charge on any atom is 0.169 e. The van der Waals surface area contributed by atoms with E-state index in [-0.39, 0.29) is 5.54 Å². The summed E-state index contributed by atoms with van der Waals surface area (Å²) in [7, 11) is 0. The Morgan fingerprint density at radius 3 is 2.58 bits per heavy atom. The van der Waals surface area contributed by atoms with Crippen molar-refractivity contribution < 1.29 is 4.42 Å². The largest absolute Gasteiger partial charge is 0.452 e. The number of aryl methyl sites for hydroxylation is 1. The van der Waals surface area contributed by atoms with Crippen LogP contribution in [0.5, 0.6) is 0 Å². The molecule has 66 valence electrons. The molecule has 0 amide bonds. The van der Waals surface area contributed by atoms with Gasteiger partial charge in [-0.1, -0.05) is 0 Å². The first-order valence-corrected chi connectivity index (χ1v) is 4.96. The van der Waals surface area contributed by atoms with Crippen LogP contribution in [0.3, 0.4) is 0 Å². The summed E-state index contributed by atoms with van der Waals surface area (Å²) < 4.78 is 6.30. The van der Waals surface area contributed by atoms with Gasteiger partial charge in [0, 0.05) is 0 Å². The van der Waals surface area contributed by atoms with Gasteiger partial charge in [0.25, 0.3) is 0 Å². The van der Waals surface area contributed by atoms with Crippen molar-refractivity contribution in [1.29, 1.82) is 0 Å². The zero-order valence-electron chi connectivity index (χ0n) is 7.06. The third kappa shape index (κ3) is 1.12. The molecule has 12 heavy (non-hydrogen) atoms. The van der Waals surface area contributed by atoms with Crippen LogP contribution < -0.4 is 5.73 Å². The third-order valence-corrected chi connectivity index (χ3v) is 2.98. The fraction of sp³-hybridized carbons (Fsp3) is 0.556. The predicted octanol–water partition coefficient (Wildman–Crippen LogP) is 2.69. The van der Waals surface area contributed by atoms with E-state index in [9.17, 15) is 0 Å². The van der Waals surface area contributed by atoms with Crippen LogP contribution in [0.25, 0.3) is 0 Å². The van der Waals surface area contributed by atoms with E-state index in [2.05, 4.69) is 15.9 Å². The lowest BCUT2D eigenvalue weighted by molar-refractivity contribution is 0.204. The van der Waals surface area contributed by atoms with Crippen LogP contribution in [0.1, 0.15) is 30.6 Å². The summed E-state index contributed by atoms with van der Waals surface area (Å²) in [5.41, 5.74) is 7.11. The molecule has 1 heterocycles. The van der Waals surface area contributed by atoms with Gasteiger partial charge >= 0.3 is 0 Å². The molecule has 0 bridgehead atoms. The molecule has 2 N–H and O–H groups in total. The summed E-state index contributed by atoms with van der Waals surface area (Å²) >= 11 is 3.31. The second-order valence-corrected chi connectivity index (χ2v) is 4.35. The highest BCUT2D eigenvalue weighted by atomic mass is 79.9. The highest BCUT2D eigenvalue weighted by Gasteiger charge is 2.38. The SMILES string of the molecule is Cc1cc(Br)oc1C1(N)CCC1. The van der Waals surface area contributed by atoms with Crippen LogP contribution in [0.4, 0.5) is 0 Å². The lowest BCUT2D eigenvalue weighted by Crippen LogP contribution is -2.43. The van der Waals surface area contributed by atoms with E-state index in [0.29, 0.717) is 0 Å². The maximum absolute atomic E-state index is 6.12. The van der Waals surface area contributed by atoms with Crippen molar-refractivity contribution in [2.24, 2.45) is 5.73 Å². The number of nitrogens with two attached hydrogens (primary N) is 1. The van der Waals surface area contributed by atoms with Gasteiger partial charge in [-0.25, -0.2) is 0 Å². The molecule has 3 heteroatoms. The Bertz CT molecular complexity index is 301. The van der Waals surface area contributed by atoms with Crippen molar-refractivity contribution in [1.82, 2.24) is 0 Å². The summed E-state index contributed by atoms with van der Waals surface area (Å²) in [4.78, 5) is 0. The van der Waals surface area contributed by atoms with Crippen molar-refractivity contribution in [3.63, 3.8) is 0 Å². The van der Waals surface area contributed by atoms with Gasteiger partial charge in [-0.2, -0.15) is 0 Å². The van der Waals surface area contributed by atoms with Gasteiger partial charge in [0.1, 0.15) is 5.76 Å². The van der Waals surface area contributed by atoms with Gasteiger partial charge in [-0.3, -0.25) is 0 Å². The molecule has 1 aliphatic carbocycles. The predicted molar refractivity (Wildman–Crippen MR) is 50.9 cm³/mol. The topological polar surface area (TPSA) is 39.2 Å². The number of furan rings is 1. The Morgan fingerprint density at radius 1 is 1.58 bits per heavy atom. The fourth-order valence-corrected chi connectivity index (χ4v) is 2.23. The second-order valence-electron chi connectivity index (χ2n) is 3.57. The molecule has 0 saturated heterocycles. The van der Waals surface area contributed by atoms with E-state index in [1.54, 1.807) is 0 Å². The Balaban J connectivity index is 2.38. The van der Waals surface area contributed by atoms with Crippen molar-refractivity contribution in [2.75, 3.05) is 0 Å². The van der Waals surface area contributed by atoms with Gasteiger partial charge in [0.05, 0.1) is 5.54 Å². The van der Waals surface area contributed by atoms with Gasteiger partial charge in [-0.05, 0) is 53.7 Å². The van der Waals surface area contributed by atoms with E-state index < -0.39 is 0 Å². The van der Waals surface area contributed by atoms with Crippen molar-refractivity contribution in [2.45, 2.75) is 31.7 Å². The zero-order chi connectivity index (χ0) is 8.77. The van der Waals surface area contributed by atoms with E-state index in [0.717, 1.165) is 28.8 Å². The number of hydrogen-bond donors (Lipinski definition) is 1. The molecule has 0 unspecified atom stereocenters. The maximum atomic E-state index is 6.12. The molecular formula is C9H12BrNO. The van der Waals surface area contributed by atoms with Gasteiger partial charge in [0.15, 0.2) is 4.67 Å². The molecule has 0 atom stereocenters. The van der Waals surface area contributed by atoms with Crippen LogP contribution >= 0.6 is 15.9 Å². The molecule has 1 fully saturated rings. The summed E-state index contributed by atoms with van der Waals surface area (Å²) in [5, 5.41) is 0. The lowest BCUT2D eigenvalue weighted by Gasteiger charge is -2.36. The smallest absolute Gasteiger partial charge is 0.169 e. The van der Waals surface area contributed by atoms with E-state index in [4.69, 9.17) is 10.2 Å². The quantitative estimate of drug-likeness (QED) is 0.805. The molecule has 0 aliphatic heterocycles.